The average Bonchev–Trinajstić information content (AvgIpc) is 3.31. The maximum absolute atomic E-state index is 13.4. The SMILES string of the molecule is CC(C)(C)C(=O)N1CC2CC1C1C(=O)N(c3cccc4ccccc34)C(=O)N21. The fourth-order valence-electron chi connectivity index (χ4n) is 4.95. The Balaban J connectivity index is 1.54. The van der Waals surface area contributed by atoms with E-state index in [4.69, 9.17) is 0 Å². The molecular weight excluding hydrogens is 354 g/mol. The van der Waals surface area contributed by atoms with E-state index in [0.717, 1.165) is 10.8 Å². The van der Waals surface area contributed by atoms with Crippen LogP contribution in [0.25, 0.3) is 10.8 Å². The molecule has 3 saturated heterocycles. The number of amides is 4. The summed E-state index contributed by atoms with van der Waals surface area (Å²) in [6, 6.07) is 12.3. The summed E-state index contributed by atoms with van der Waals surface area (Å²) in [7, 11) is 0. The van der Waals surface area contributed by atoms with Gasteiger partial charge in [-0.05, 0) is 17.9 Å². The fraction of sp³-hybridized carbons (Fsp3) is 0.409. The van der Waals surface area contributed by atoms with E-state index in [0.29, 0.717) is 18.7 Å². The van der Waals surface area contributed by atoms with Crippen LogP contribution in [0.2, 0.25) is 0 Å². The quantitative estimate of drug-likeness (QED) is 0.718. The highest BCUT2D eigenvalue weighted by atomic mass is 16.2. The van der Waals surface area contributed by atoms with Crippen LogP contribution in [0.3, 0.4) is 0 Å². The van der Waals surface area contributed by atoms with E-state index in [9.17, 15) is 14.4 Å². The number of carbonyl (C=O) groups excluding carboxylic acids is 3. The van der Waals surface area contributed by atoms with E-state index >= 15 is 0 Å². The number of rotatable bonds is 1. The van der Waals surface area contributed by atoms with E-state index < -0.39 is 11.5 Å². The summed E-state index contributed by atoms with van der Waals surface area (Å²) in [4.78, 5) is 44.3. The van der Waals surface area contributed by atoms with Crippen LogP contribution in [0.1, 0.15) is 27.2 Å². The molecule has 4 amide bonds. The third-order valence-corrected chi connectivity index (χ3v) is 6.17. The number of fused-ring (bicyclic) bond motifs is 6. The van der Waals surface area contributed by atoms with Crippen LogP contribution in [-0.4, -0.2) is 52.3 Å². The zero-order valence-electron chi connectivity index (χ0n) is 16.3. The highest BCUT2D eigenvalue weighted by Gasteiger charge is 2.63. The smallest absolute Gasteiger partial charge is 0.332 e. The molecule has 2 aromatic carbocycles. The first-order valence-electron chi connectivity index (χ1n) is 9.74. The molecule has 28 heavy (non-hydrogen) atoms. The van der Waals surface area contributed by atoms with Gasteiger partial charge >= 0.3 is 6.03 Å². The Bertz CT molecular complexity index is 1020. The molecule has 2 bridgehead atoms. The molecule has 3 unspecified atom stereocenters. The van der Waals surface area contributed by atoms with Gasteiger partial charge in [-0.15, -0.1) is 0 Å². The average molecular weight is 377 g/mol. The van der Waals surface area contributed by atoms with Crippen molar-refractivity contribution in [3.05, 3.63) is 42.5 Å². The van der Waals surface area contributed by atoms with Crippen molar-refractivity contribution >= 4 is 34.3 Å². The standard InChI is InChI=1S/C22H23N3O3/c1-22(2,3)20(27)23-12-14-11-17(23)18-19(26)25(21(28)24(14)18)16-10-6-8-13-7-4-5-9-15(13)16/h4-10,14,17-18H,11-12H2,1-3H3. The van der Waals surface area contributed by atoms with Crippen LogP contribution >= 0.6 is 0 Å². The van der Waals surface area contributed by atoms with Crippen molar-refractivity contribution in [3.63, 3.8) is 0 Å². The van der Waals surface area contributed by atoms with Gasteiger partial charge < -0.3 is 9.80 Å². The molecule has 3 atom stereocenters. The largest absolute Gasteiger partial charge is 0.334 e. The van der Waals surface area contributed by atoms with Gasteiger partial charge in [-0.3, -0.25) is 9.59 Å². The molecule has 0 saturated carbocycles. The summed E-state index contributed by atoms with van der Waals surface area (Å²) in [5.41, 5.74) is 0.117. The van der Waals surface area contributed by atoms with Gasteiger partial charge in [-0.25, -0.2) is 9.69 Å². The van der Waals surface area contributed by atoms with Gasteiger partial charge in [0.2, 0.25) is 5.91 Å². The molecule has 6 nitrogen and oxygen atoms in total. The van der Waals surface area contributed by atoms with E-state index in [2.05, 4.69) is 0 Å². The lowest BCUT2D eigenvalue weighted by molar-refractivity contribution is -0.143. The number of hydrogen-bond donors (Lipinski definition) is 0. The second-order valence-corrected chi connectivity index (χ2v) is 8.97. The molecule has 0 radical (unpaired) electrons. The number of carbonyl (C=O) groups is 3. The Labute approximate surface area is 163 Å². The molecule has 6 heteroatoms. The van der Waals surface area contributed by atoms with Gasteiger partial charge in [-0.1, -0.05) is 57.2 Å². The van der Waals surface area contributed by atoms with Gasteiger partial charge in [0.25, 0.3) is 5.91 Å². The second kappa shape index (κ2) is 5.56. The van der Waals surface area contributed by atoms with Crippen molar-refractivity contribution < 1.29 is 14.4 Å². The highest BCUT2D eigenvalue weighted by Crippen LogP contribution is 2.44. The van der Waals surface area contributed by atoms with Gasteiger partial charge in [0.1, 0.15) is 6.04 Å². The first kappa shape index (κ1) is 17.2. The number of likely N-dealkylation sites (tertiary alicyclic amines) is 1. The predicted octanol–water partition coefficient (Wildman–Crippen LogP) is 3.01. The Kier molecular flexibility index (Phi) is 3.42. The third-order valence-electron chi connectivity index (χ3n) is 6.17. The summed E-state index contributed by atoms with van der Waals surface area (Å²) in [6.07, 6.45) is 0.688. The van der Waals surface area contributed by atoms with Crippen LogP contribution < -0.4 is 4.90 Å². The third kappa shape index (κ3) is 2.17. The first-order valence-corrected chi connectivity index (χ1v) is 9.74. The number of benzene rings is 2. The molecule has 0 aliphatic carbocycles. The lowest BCUT2D eigenvalue weighted by atomic mass is 9.93. The van der Waals surface area contributed by atoms with Gasteiger partial charge in [0.15, 0.2) is 0 Å². The zero-order valence-corrected chi connectivity index (χ0v) is 16.3. The summed E-state index contributed by atoms with van der Waals surface area (Å²) in [6.45, 7) is 6.19. The number of nitrogens with zero attached hydrogens (tertiary/aromatic N) is 3. The number of urea groups is 1. The van der Waals surface area contributed by atoms with E-state index in [1.54, 1.807) is 4.90 Å². The molecule has 3 aliphatic rings. The minimum Gasteiger partial charge on any atom is -0.334 e. The Morgan fingerprint density at radius 1 is 1.04 bits per heavy atom. The normalized spacial score (nSPS) is 26.5. The molecular formula is C22H23N3O3. The van der Waals surface area contributed by atoms with Crippen LogP contribution in [0.15, 0.2) is 42.5 Å². The van der Waals surface area contributed by atoms with Gasteiger partial charge in [0, 0.05) is 17.3 Å². The summed E-state index contributed by atoms with van der Waals surface area (Å²) in [5, 5.41) is 1.86. The molecule has 5 rings (SSSR count). The van der Waals surface area contributed by atoms with Crippen LogP contribution in [-0.2, 0) is 9.59 Å². The first-order chi connectivity index (χ1) is 13.3. The molecule has 3 aliphatic heterocycles. The van der Waals surface area contributed by atoms with Crippen molar-refractivity contribution in [2.45, 2.75) is 45.3 Å². The van der Waals surface area contributed by atoms with Crippen molar-refractivity contribution in [2.24, 2.45) is 5.41 Å². The topological polar surface area (TPSA) is 60.9 Å². The lowest BCUT2D eigenvalue weighted by Crippen LogP contribution is -2.56. The molecule has 144 valence electrons. The Morgan fingerprint density at radius 3 is 2.50 bits per heavy atom. The van der Waals surface area contributed by atoms with Crippen molar-refractivity contribution in [3.8, 4) is 0 Å². The molecule has 0 aromatic heterocycles. The second-order valence-electron chi connectivity index (χ2n) is 8.97. The van der Waals surface area contributed by atoms with Gasteiger partial charge in [0.05, 0.1) is 17.8 Å². The van der Waals surface area contributed by atoms with E-state index in [-0.39, 0.29) is 29.9 Å². The maximum atomic E-state index is 13.4. The molecule has 0 spiro atoms. The monoisotopic (exact) mass is 377 g/mol. The van der Waals surface area contributed by atoms with E-state index in [1.165, 1.54) is 4.90 Å². The Morgan fingerprint density at radius 2 is 1.75 bits per heavy atom. The number of anilines is 1. The number of imide groups is 1. The minimum atomic E-state index is -0.573. The predicted molar refractivity (Wildman–Crippen MR) is 106 cm³/mol. The highest BCUT2D eigenvalue weighted by molar-refractivity contribution is 6.25. The van der Waals surface area contributed by atoms with Gasteiger partial charge in [-0.2, -0.15) is 0 Å². The maximum Gasteiger partial charge on any atom is 0.332 e. The minimum absolute atomic E-state index is 0.0449. The molecule has 2 aromatic rings. The summed E-state index contributed by atoms with van der Waals surface area (Å²) < 4.78 is 0. The molecule has 3 fully saturated rings. The van der Waals surface area contributed by atoms with Crippen LogP contribution in [0, 0.1) is 5.41 Å². The van der Waals surface area contributed by atoms with Crippen molar-refractivity contribution in [2.75, 3.05) is 11.4 Å². The summed E-state index contributed by atoms with van der Waals surface area (Å²) in [5.74, 6) is -0.177. The lowest BCUT2D eigenvalue weighted by Gasteiger charge is -2.37. The van der Waals surface area contributed by atoms with E-state index in [1.807, 2.05) is 68.1 Å². The van der Waals surface area contributed by atoms with Crippen LogP contribution in [0.5, 0.6) is 0 Å². The molecule has 0 N–H and O–H groups in total. The van der Waals surface area contributed by atoms with Crippen LogP contribution in [0.4, 0.5) is 10.5 Å². The fourth-order valence-corrected chi connectivity index (χ4v) is 4.95. The number of hydrogen-bond acceptors (Lipinski definition) is 3. The Hall–Kier alpha value is -2.89. The molecule has 3 heterocycles. The zero-order chi connectivity index (χ0) is 19.8. The van der Waals surface area contributed by atoms with Crippen molar-refractivity contribution in [1.82, 2.24) is 9.80 Å². The van der Waals surface area contributed by atoms with Crippen molar-refractivity contribution in [1.29, 1.82) is 0 Å². The number of piperazine rings is 1. The summed E-state index contributed by atoms with van der Waals surface area (Å²) >= 11 is 0.